The maximum atomic E-state index is 5.82. The molecule has 2 atom stereocenters. The molecule has 2 aliphatic heterocycles. The SMILES string of the molecule is CCNCC1(CN(C)CC2CCCN2CC)CCCOC1. The van der Waals surface area contributed by atoms with E-state index in [1.807, 2.05) is 0 Å². The summed E-state index contributed by atoms with van der Waals surface area (Å²) in [6, 6.07) is 0.765. The predicted molar refractivity (Wildman–Crippen MR) is 88.8 cm³/mol. The van der Waals surface area contributed by atoms with Crippen molar-refractivity contribution in [1.82, 2.24) is 15.1 Å². The second kappa shape index (κ2) is 8.47. The molecule has 21 heavy (non-hydrogen) atoms. The Balaban J connectivity index is 1.86. The van der Waals surface area contributed by atoms with E-state index in [1.54, 1.807) is 0 Å². The molecule has 0 aromatic rings. The molecule has 124 valence electrons. The zero-order chi connectivity index (χ0) is 15.1. The lowest BCUT2D eigenvalue weighted by Gasteiger charge is -2.41. The van der Waals surface area contributed by atoms with Crippen LogP contribution in [0.15, 0.2) is 0 Å². The van der Waals surface area contributed by atoms with E-state index in [-0.39, 0.29) is 0 Å². The summed E-state index contributed by atoms with van der Waals surface area (Å²) in [7, 11) is 2.30. The summed E-state index contributed by atoms with van der Waals surface area (Å²) in [5.74, 6) is 0. The highest BCUT2D eigenvalue weighted by Gasteiger charge is 2.34. The first-order valence-corrected chi connectivity index (χ1v) is 8.90. The van der Waals surface area contributed by atoms with Crippen LogP contribution in [0.4, 0.5) is 0 Å². The Morgan fingerprint density at radius 3 is 2.86 bits per heavy atom. The molecule has 0 aromatic heterocycles. The van der Waals surface area contributed by atoms with Gasteiger partial charge in [-0.25, -0.2) is 0 Å². The smallest absolute Gasteiger partial charge is 0.0546 e. The summed E-state index contributed by atoms with van der Waals surface area (Å²) in [6.45, 7) is 13.4. The van der Waals surface area contributed by atoms with Gasteiger partial charge in [-0.05, 0) is 52.4 Å². The van der Waals surface area contributed by atoms with E-state index in [4.69, 9.17) is 4.74 Å². The summed E-state index contributed by atoms with van der Waals surface area (Å²) in [5.41, 5.74) is 0.318. The first-order valence-electron chi connectivity index (χ1n) is 8.90. The average molecular weight is 297 g/mol. The molecular weight excluding hydrogens is 262 g/mol. The standard InChI is InChI=1S/C17H35N3O/c1-4-18-13-17(9-7-11-21-15-17)14-19(3)12-16-8-6-10-20(16)5-2/h16,18H,4-15H2,1-3H3. The molecule has 4 nitrogen and oxygen atoms in total. The Morgan fingerprint density at radius 2 is 2.19 bits per heavy atom. The van der Waals surface area contributed by atoms with Crippen LogP contribution in [-0.4, -0.2) is 75.4 Å². The molecule has 2 saturated heterocycles. The summed E-state index contributed by atoms with van der Waals surface area (Å²) in [6.07, 6.45) is 5.25. The van der Waals surface area contributed by atoms with E-state index in [0.717, 1.165) is 38.9 Å². The molecule has 0 bridgehead atoms. The third-order valence-electron chi connectivity index (χ3n) is 5.19. The number of ether oxygens (including phenoxy) is 1. The fraction of sp³-hybridized carbons (Fsp3) is 1.00. The highest BCUT2D eigenvalue weighted by Crippen LogP contribution is 2.29. The van der Waals surface area contributed by atoms with E-state index < -0.39 is 0 Å². The number of hydrogen-bond acceptors (Lipinski definition) is 4. The lowest BCUT2D eigenvalue weighted by atomic mass is 9.81. The lowest BCUT2D eigenvalue weighted by Crippen LogP contribution is -2.50. The number of nitrogens with one attached hydrogen (secondary N) is 1. The maximum Gasteiger partial charge on any atom is 0.0546 e. The van der Waals surface area contributed by atoms with Gasteiger partial charge in [0.25, 0.3) is 0 Å². The minimum Gasteiger partial charge on any atom is -0.381 e. The fourth-order valence-electron chi connectivity index (χ4n) is 4.14. The van der Waals surface area contributed by atoms with Crippen LogP contribution in [0.2, 0.25) is 0 Å². The van der Waals surface area contributed by atoms with Gasteiger partial charge in [0, 0.05) is 37.7 Å². The van der Waals surface area contributed by atoms with Gasteiger partial charge in [0.15, 0.2) is 0 Å². The van der Waals surface area contributed by atoms with Gasteiger partial charge in [0.1, 0.15) is 0 Å². The number of nitrogens with zero attached hydrogens (tertiary/aromatic N) is 2. The van der Waals surface area contributed by atoms with Gasteiger partial charge in [0.05, 0.1) is 6.61 Å². The molecule has 4 heteroatoms. The summed E-state index contributed by atoms with van der Waals surface area (Å²) < 4.78 is 5.82. The van der Waals surface area contributed by atoms with Gasteiger partial charge >= 0.3 is 0 Å². The first kappa shape index (κ1) is 17.2. The van der Waals surface area contributed by atoms with Crippen LogP contribution in [-0.2, 0) is 4.74 Å². The third kappa shape index (κ3) is 4.92. The van der Waals surface area contributed by atoms with Crippen molar-refractivity contribution in [2.75, 3.05) is 59.5 Å². The molecule has 0 saturated carbocycles. The molecule has 2 heterocycles. The van der Waals surface area contributed by atoms with Crippen molar-refractivity contribution in [1.29, 1.82) is 0 Å². The average Bonchev–Trinajstić information content (AvgIpc) is 2.93. The van der Waals surface area contributed by atoms with E-state index >= 15 is 0 Å². The first-order chi connectivity index (χ1) is 10.2. The van der Waals surface area contributed by atoms with Crippen LogP contribution in [0.3, 0.4) is 0 Å². The minimum absolute atomic E-state index is 0.318. The second-order valence-electron chi connectivity index (χ2n) is 7.06. The van der Waals surface area contributed by atoms with E-state index in [9.17, 15) is 0 Å². The summed E-state index contributed by atoms with van der Waals surface area (Å²) in [4.78, 5) is 5.20. The molecule has 0 aliphatic carbocycles. The fourth-order valence-corrected chi connectivity index (χ4v) is 4.14. The monoisotopic (exact) mass is 297 g/mol. The van der Waals surface area contributed by atoms with E-state index in [0.29, 0.717) is 5.41 Å². The molecule has 1 N–H and O–H groups in total. The van der Waals surface area contributed by atoms with Crippen molar-refractivity contribution >= 4 is 0 Å². The van der Waals surface area contributed by atoms with Crippen LogP contribution < -0.4 is 5.32 Å². The van der Waals surface area contributed by atoms with Crippen LogP contribution in [0, 0.1) is 5.41 Å². The van der Waals surface area contributed by atoms with Crippen molar-refractivity contribution in [3.8, 4) is 0 Å². The zero-order valence-corrected chi connectivity index (χ0v) is 14.4. The normalized spacial score (nSPS) is 31.1. The Kier molecular flexibility index (Phi) is 6.93. The van der Waals surface area contributed by atoms with Gasteiger partial charge < -0.3 is 15.0 Å². The predicted octanol–water partition coefficient (Wildman–Crippen LogP) is 1.81. The molecule has 2 rings (SSSR count). The highest BCUT2D eigenvalue weighted by atomic mass is 16.5. The number of hydrogen-bond donors (Lipinski definition) is 1. The topological polar surface area (TPSA) is 27.7 Å². The van der Waals surface area contributed by atoms with Crippen molar-refractivity contribution in [2.24, 2.45) is 5.41 Å². The second-order valence-corrected chi connectivity index (χ2v) is 7.06. The molecular formula is C17H35N3O. The molecule has 2 aliphatic rings. The molecule has 0 amide bonds. The third-order valence-corrected chi connectivity index (χ3v) is 5.19. The largest absolute Gasteiger partial charge is 0.381 e. The molecule has 0 aromatic carbocycles. The zero-order valence-electron chi connectivity index (χ0n) is 14.4. The van der Waals surface area contributed by atoms with Gasteiger partial charge in [-0.2, -0.15) is 0 Å². The Labute approximate surface area is 131 Å². The Bertz CT molecular complexity index is 292. The quantitative estimate of drug-likeness (QED) is 0.739. The van der Waals surface area contributed by atoms with Crippen molar-refractivity contribution in [2.45, 2.75) is 45.6 Å². The van der Waals surface area contributed by atoms with Crippen LogP contribution in [0.1, 0.15) is 39.5 Å². The minimum atomic E-state index is 0.318. The van der Waals surface area contributed by atoms with E-state index in [2.05, 4.69) is 36.0 Å². The van der Waals surface area contributed by atoms with Gasteiger partial charge in [0.2, 0.25) is 0 Å². The van der Waals surface area contributed by atoms with Crippen molar-refractivity contribution in [3.05, 3.63) is 0 Å². The molecule has 2 unspecified atom stereocenters. The molecule has 0 radical (unpaired) electrons. The number of likely N-dealkylation sites (N-methyl/N-ethyl adjacent to an activating group) is 2. The van der Waals surface area contributed by atoms with E-state index in [1.165, 1.54) is 45.3 Å². The van der Waals surface area contributed by atoms with Crippen LogP contribution in [0.5, 0.6) is 0 Å². The number of likely N-dealkylation sites (tertiary alicyclic amines) is 1. The van der Waals surface area contributed by atoms with Crippen molar-refractivity contribution < 1.29 is 4.74 Å². The maximum absolute atomic E-state index is 5.82. The van der Waals surface area contributed by atoms with Crippen molar-refractivity contribution in [3.63, 3.8) is 0 Å². The number of rotatable bonds is 8. The lowest BCUT2D eigenvalue weighted by molar-refractivity contribution is -0.0246. The van der Waals surface area contributed by atoms with Gasteiger partial charge in [-0.3, -0.25) is 4.90 Å². The van der Waals surface area contributed by atoms with Crippen LogP contribution >= 0.6 is 0 Å². The summed E-state index contributed by atoms with van der Waals surface area (Å²) in [5, 5.41) is 3.56. The van der Waals surface area contributed by atoms with Gasteiger partial charge in [-0.1, -0.05) is 13.8 Å². The summed E-state index contributed by atoms with van der Waals surface area (Å²) >= 11 is 0. The molecule has 0 spiro atoms. The Morgan fingerprint density at radius 1 is 1.33 bits per heavy atom. The van der Waals surface area contributed by atoms with Crippen LogP contribution in [0.25, 0.3) is 0 Å². The van der Waals surface area contributed by atoms with Gasteiger partial charge in [-0.15, -0.1) is 0 Å². The molecule has 2 fully saturated rings. The Hall–Kier alpha value is -0.160. The highest BCUT2D eigenvalue weighted by molar-refractivity contribution is 4.88.